The van der Waals surface area contributed by atoms with E-state index in [0.717, 1.165) is 13.0 Å². The first-order valence-electron chi connectivity index (χ1n) is 9.74. The number of unbranched alkanes of at least 4 members (excludes halogenated alkanes) is 8. The summed E-state index contributed by atoms with van der Waals surface area (Å²) in [5.41, 5.74) is -0.393. The molecule has 0 bridgehead atoms. The highest BCUT2D eigenvalue weighted by molar-refractivity contribution is 5.81. The molecule has 3 nitrogen and oxygen atoms in total. The molecule has 0 atom stereocenters. The minimum atomic E-state index is -0.196. The van der Waals surface area contributed by atoms with Gasteiger partial charge in [-0.1, -0.05) is 58.3 Å². The fourth-order valence-electron chi connectivity index (χ4n) is 3.91. The molecule has 0 aromatic heterocycles. The fourth-order valence-corrected chi connectivity index (χ4v) is 3.91. The van der Waals surface area contributed by atoms with E-state index in [9.17, 15) is 4.79 Å². The number of Topliss-reactive ketones (excluding diaryl/α,β-unsaturated/α-hetero) is 1. The van der Waals surface area contributed by atoms with E-state index in [4.69, 9.17) is 4.84 Å². The van der Waals surface area contributed by atoms with Crippen molar-refractivity contribution >= 4 is 5.78 Å². The monoisotopic (exact) mass is 325 g/mol. The minimum absolute atomic E-state index is 0.196. The van der Waals surface area contributed by atoms with Crippen LogP contribution in [0.4, 0.5) is 0 Å². The van der Waals surface area contributed by atoms with E-state index in [-0.39, 0.29) is 11.1 Å². The summed E-state index contributed by atoms with van der Waals surface area (Å²) in [6.45, 7) is 11.5. The predicted molar refractivity (Wildman–Crippen MR) is 97.4 cm³/mol. The van der Waals surface area contributed by atoms with E-state index < -0.39 is 0 Å². The number of ketones is 1. The van der Waals surface area contributed by atoms with Gasteiger partial charge in [-0.05, 0) is 34.1 Å². The second-order valence-corrected chi connectivity index (χ2v) is 8.47. The van der Waals surface area contributed by atoms with E-state index in [0.29, 0.717) is 18.6 Å². The van der Waals surface area contributed by atoms with Crippen LogP contribution >= 0.6 is 0 Å². The van der Waals surface area contributed by atoms with Gasteiger partial charge in [-0.2, -0.15) is 5.06 Å². The van der Waals surface area contributed by atoms with Crippen molar-refractivity contribution in [3.05, 3.63) is 0 Å². The topological polar surface area (TPSA) is 29.5 Å². The third kappa shape index (κ3) is 7.34. The Morgan fingerprint density at radius 1 is 0.826 bits per heavy atom. The Bertz CT molecular complexity index is 330. The van der Waals surface area contributed by atoms with Crippen molar-refractivity contribution in [2.24, 2.45) is 0 Å². The van der Waals surface area contributed by atoms with Crippen LogP contribution in [0.1, 0.15) is 105 Å². The number of carbonyl (C=O) groups is 1. The molecule has 0 spiro atoms. The molecular weight excluding hydrogens is 286 g/mol. The summed E-state index contributed by atoms with van der Waals surface area (Å²) >= 11 is 0. The summed E-state index contributed by atoms with van der Waals surface area (Å²) in [5, 5.41) is 2.09. The highest BCUT2D eigenvalue weighted by atomic mass is 16.7. The summed E-state index contributed by atoms with van der Waals surface area (Å²) in [6, 6.07) is 0. The summed E-state index contributed by atoms with van der Waals surface area (Å²) in [7, 11) is 0. The molecule has 1 aliphatic heterocycles. The Hall–Kier alpha value is -0.410. The number of hydrogen-bond acceptors (Lipinski definition) is 3. The van der Waals surface area contributed by atoms with Crippen molar-refractivity contribution in [1.82, 2.24) is 5.06 Å². The third-order valence-electron chi connectivity index (χ3n) is 4.83. The molecule has 1 heterocycles. The molecule has 1 rings (SSSR count). The molecule has 0 saturated carbocycles. The van der Waals surface area contributed by atoms with Crippen LogP contribution in [-0.4, -0.2) is 28.5 Å². The zero-order valence-corrected chi connectivity index (χ0v) is 16.2. The Morgan fingerprint density at radius 3 is 1.74 bits per heavy atom. The molecule has 0 N–H and O–H groups in total. The highest BCUT2D eigenvalue weighted by Gasteiger charge is 2.45. The van der Waals surface area contributed by atoms with Crippen LogP contribution in [-0.2, 0) is 9.63 Å². The SMILES string of the molecule is CCCCCCCCCCCON1C(C)(C)CC(=O)CC1(C)C. The van der Waals surface area contributed by atoms with Crippen LogP contribution < -0.4 is 0 Å². The molecule has 0 aromatic rings. The molecule has 136 valence electrons. The average Bonchev–Trinajstić information content (AvgIpc) is 2.41. The Kier molecular flexibility index (Phi) is 8.78. The van der Waals surface area contributed by atoms with Crippen LogP contribution in [0.5, 0.6) is 0 Å². The van der Waals surface area contributed by atoms with Gasteiger partial charge in [0.15, 0.2) is 0 Å². The van der Waals surface area contributed by atoms with E-state index in [1.807, 2.05) is 0 Å². The molecule has 0 unspecified atom stereocenters. The first-order valence-corrected chi connectivity index (χ1v) is 9.74. The first kappa shape index (κ1) is 20.6. The van der Waals surface area contributed by atoms with Gasteiger partial charge in [0.25, 0.3) is 0 Å². The van der Waals surface area contributed by atoms with Crippen LogP contribution in [0, 0.1) is 0 Å². The van der Waals surface area contributed by atoms with Gasteiger partial charge in [0, 0.05) is 23.9 Å². The first-order chi connectivity index (χ1) is 10.8. The Labute approximate surface area is 144 Å². The van der Waals surface area contributed by atoms with Gasteiger partial charge in [-0.3, -0.25) is 9.63 Å². The zero-order chi connectivity index (χ0) is 17.3. The van der Waals surface area contributed by atoms with E-state index in [1.165, 1.54) is 51.4 Å². The lowest BCUT2D eigenvalue weighted by Crippen LogP contribution is -2.60. The van der Waals surface area contributed by atoms with Crippen molar-refractivity contribution in [3.8, 4) is 0 Å². The van der Waals surface area contributed by atoms with Crippen LogP contribution in [0.25, 0.3) is 0 Å². The maximum Gasteiger partial charge on any atom is 0.136 e. The van der Waals surface area contributed by atoms with Crippen molar-refractivity contribution in [1.29, 1.82) is 0 Å². The van der Waals surface area contributed by atoms with Crippen molar-refractivity contribution < 1.29 is 9.63 Å². The Balaban J connectivity index is 2.16. The zero-order valence-electron chi connectivity index (χ0n) is 16.2. The summed E-state index contributed by atoms with van der Waals surface area (Å²) < 4.78 is 0. The number of hydrogen-bond donors (Lipinski definition) is 0. The average molecular weight is 326 g/mol. The number of rotatable bonds is 11. The molecule has 1 fully saturated rings. The molecular formula is C20H39NO2. The predicted octanol–water partition coefficient (Wildman–Crippen LogP) is 5.67. The number of piperidine rings is 1. The van der Waals surface area contributed by atoms with Gasteiger partial charge in [-0.15, -0.1) is 0 Å². The van der Waals surface area contributed by atoms with Gasteiger partial charge in [-0.25, -0.2) is 0 Å². The fraction of sp³-hybridized carbons (Fsp3) is 0.950. The van der Waals surface area contributed by atoms with Crippen molar-refractivity contribution in [3.63, 3.8) is 0 Å². The lowest BCUT2D eigenvalue weighted by atomic mass is 9.81. The standard InChI is InChI=1S/C20H39NO2/c1-6-7-8-9-10-11-12-13-14-15-23-21-19(2,3)16-18(22)17-20(21,4)5/h6-17H2,1-5H3. The van der Waals surface area contributed by atoms with Gasteiger partial charge in [0.1, 0.15) is 5.78 Å². The van der Waals surface area contributed by atoms with Gasteiger partial charge in [0.05, 0.1) is 6.61 Å². The van der Waals surface area contributed by atoms with E-state index in [1.54, 1.807) is 0 Å². The largest absolute Gasteiger partial charge is 0.300 e. The molecule has 0 amide bonds. The normalized spacial score (nSPS) is 20.8. The molecule has 3 heteroatoms. The lowest BCUT2D eigenvalue weighted by Gasteiger charge is -2.50. The third-order valence-corrected chi connectivity index (χ3v) is 4.83. The quantitative estimate of drug-likeness (QED) is 0.458. The van der Waals surface area contributed by atoms with E-state index >= 15 is 0 Å². The summed E-state index contributed by atoms with van der Waals surface area (Å²) in [6.07, 6.45) is 13.1. The summed E-state index contributed by atoms with van der Waals surface area (Å²) in [5.74, 6) is 0.350. The Morgan fingerprint density at radius 2 is 1.26 bits per heavy atom. The molecule has 0 aliphatic carbocycles. The van der Waals surface area contributed by atoms with E-state index in [2.05, 4.69) is 39.7 Å². The number of hydroxylamine groups is 2. The second-order valence-electron chi connectivity index (χ2n) is 8.47. The maximum absolute atomic E-state index is 11.9. The second kappa shape index (κ2) is 9.78. The van der Waals surface area contributed by atoms with Crippen LogP contribution in [0.15, 0.2) is 0 Å². The molecule has 1 saturated heterocycles. The van der Waals surface area contributed by atoms with Gasteiger partial charge < -0.3 is 0 Å². The molecule has 23 heavy (non-hydrogen) atoms. The minimum Gasteiger partial charge on any atom is -0.300 e. The molecule has 0 aromatic carbocycles. The number of carbonyl (C=O) groups excluding carboxylic acids is 1. The van der Waals surface area contributed by atoms with Crippen molar-refractivity contribution in [2.75, 3.05) is 6.61 Å². The van der Waals surface area contributed by atoms with Gasteiger partial charge >= 0.3 is 0 Å². The maximum atomic E-state index is 11.9. The molecule has 1 aliphatic rings. The van der Waals surface area contributed by atoms with Crippen molar-refractivity contribution in [2.45, 2.75) is 116 Å². The van der Waals surface area contributed by atoms with Crippen LogP contribution in [0.2, 0.25) is 0 Å². The summed E-state index contributed by atoms with van der Waals surface area (Å²) in [4.78, 5) is 18.0. The van der Waals surface area contributed by atoms with Gasteiger partial charge in [0.2, 0.25) is 0 Å². The smallest absolute Gasteiger partial charge is 0.136 e. The lowest BCUT2D eigenvalue weighted by molar-refractivity contribution is -0.275. The highest BCUT2D eigenvalue weighted by Crippen LogP contribution is 2.36. The molecule has 0 radical (unpaired) electrons. The van der Waals surface area contributed by atoms with Crippen LogP contribution in [0.3, 0.4) is 0 Å². The number of nitrogens with zero attached hydrogens (tertiary/aromatic N) is 1.